The average Bonchev–Trinajstić information content (AvgIpc) is 2.66. The largest absolute Gasteiger partial charge is 0.359 e. The van der Waals surface area contributed by atoms with E-state index in [1.807, 2.05) is 5.51 Å². The van der Waals surface area contributed by atoms with Gasteiger partial charge in [-0.25, -0.2) is 4.98 Å². The highest BCUT2D eigenvalue weighted by Crippen LogP contribution is 2.34. The first-order valence-electron chi connectivity index (χ1n) is 5.86. The summed E-state index contributed by atoms with van der Waals surface area (Å²) in [5.74, 6) is 0. The van der Waals surface area contributed by atoms with Gasteiger partial charge in [0.25, 0.3) is 0 Å². The smallest absolute Gasteiger partial charge is 0.115 e. The Kier molecular flexibility index (Phi) is 3.22. The molecule has 2 rings (SSSR count). The molecule has 1 saturated heterocycles. The molecule has 1 aromatic rings. The number of thiazole rings is 1. The van der Waals surface area contributed by atoms with Crippen molar-refractivity contribution in [2.24, 2.45) is 0 Å². The van der Waals surface area contributed by atoms with Crippen LogP contribution in [0, 0.1) is 0 Å². The van der Waals surface area contributed by atoms with E-state index in [0.717, 1.165) is 26.2 Å². The lowest BCUT2D eigenvalue weighted by molar-refractivity contribution is 0.313. The van der Waals surface area contributed by atoms with Gasteiger partial charge >= 0.3 is 0 Å². The molecule has 1 aliphatic heterocycles. The standard InChI is InChI=1S/C12H21N3S/c1-12(2,3)10-11(16-9-13-10)15-7-5-14(4)6-8-15/h9H,5-8H2,1-4H3. The number of aromatic nitrogens is 1. The van der Waals surface area contributed by atoms with Crippen LogP contribution in [0.2, 0.25) is 0 Å². The van der Waals surface area contributed by atoms with E-state index in [1.54, 1.807) is 11.3 Å². The predicted molar refractivity (Wildman–Crippen MR) is 70.5 cm³/mol. The maximum Gasteiger partial charge on any atom is 0.115 e. The van der Waals surface area contributed by atoms with Gasteiger partial charge in [0.1, 0.15) is 5.00 Å². The average molecular weight is 239 g/mol. The van der Waals surface area contributed by atoms with E-state index in [-0.39, 0.29) is 5.41 Å². The topological polar surface area (TPSA) is 19.4 Å². The third-order valence-corrected chi connectivity index (χ3v) is 3.94. The monoisotopic (exact) mass is 239 g/mol. The van der Waals surface area contributed by atoms with Crippen molar-refractivity contribution in [1.29, 1.82) is 0 Å². The molecule has 90 valence electrons. The van der Waals surface area contributed by atoms with Crippen LogP contribution in [0.1, 0.15) is 26.5 Å². The lowest BCUT2D eigenvalue weighted by atomic mass is 9.92. The van der Waals surface area contributed by atoms with Gasteiger partial charge in [0, 0.05) is 31.6 Å². The second kappa shape index (κ2) is 4.34. The Morgan fingerprint density at radius 1 is 1.19 bits per heavy atom. The molecule has 1 aliphatic rings. The summed E-state index contributed by atoms with van der Waals surface area (Å²) in [6.07, 6.45) is 0. The van der Waals surface area contributed by atoms with Gasteiger partial charge in [0.2, 0.25) is 0 Å². The quantitative estimate of drug-likeness (QED) is 0.749. The van der Waals surface area contributed by atoms with Crippen LogP contribution in [-0.2, 0) is 5.41 Å². The fourth-order valence-corrected chi connectivity index (χ4v) is 3.05. The molecule has 1 fully saturated rings. The molecule has 1 aromatic heterocycles. The molecule has 0 N–H and O–H groups in total. The van der Waals surface area contributed by atoms with Crippen LogP contribution in [0.25, 0.3) is 0 Å². The first-order valence-corrected chi connectivity index (χ1v) is 6.74. The van der Waals surface area contributed by atoms with Crippen LogP contribution in [0.15, 0.2) is 5.51 Å². The lowest BCUT2D eigenvalue weighted by Crippen LogP contribution is -2.44. The number of piperazine rings is 1. The Morgan fingerprint density at radius 3 is 2.38 bits per heavy atom. The summed E-state index contributed by atoms with van der Waals surface area (Å²) in [6, 6.07) is 0. The van der Waals surface area contributed by atoms with Crippen LogP contribution in [0.3, 0.4) is 0 Å². The molecule has 3 nitrogen and oxygen atoms in total. The number of nitrogens with zero attached hydrogens (tertiary/aromatic N) is 3. The molecule has 0 bridgehead atoms. The first-order chi connectivity index (χ1) is 7.48. The molecule has 0 spiro atoms. The van der Waals surface area contributed by atoms with E-state index in [1.165, 1.54) is 10.7 Å². The summed E-state index contributed by atoms with van der Waals surface area (Å²) in [5.41, 5.74) is 3.38. The van der Waals surface area contributed by atoms with Gasteiger partial charge in [-0.05, 0) is 7.05 Å². The van der Waals surface area contributed by atoms with Crippen molar-refractivity contribution in [3.8, 4) is 0 Å². The molecule has 0 radical (unpaired) electrons. The summed E-state index contributed by atoms with van der Waals surface area (Å²) >= 11 is 1.78. The second-order valence-corrected chi connectivity index (χ2v) is 6.38. The van der Waals surface area contributed by atoms with Crippen LogP contribution in [0.5, 0.6) is 0 Å². The van der Waals surface area contributed by atoms with Crippen molar-refractivity contribution in [3.63, 3.8) is 0 Å². The summed E-state index contributed by atoms with van der Waals surface area (Å²) in [4.78, 5) is 9.41. The van der Waals surface area contributed by atoms with Gasteiger partial charge in [-0.3, -0.25) is 0 Å². The lowest BCUT2D eigenvalue weighted by Gasteiger charge is -2.34. The predicted octanol–water partition coefficient (Wildman–Crippen LogP) is 2.19. The van der Waals surface area contributed by atoms with Crippen molar-refractivity contribution in [2.75, 3.05) is 38.1 Å². The van der Waals surface area contributed by atoms with Gasteiger partial charge in [0.15, 0.2) is 0 Å². The van der Waals surface area contributed by atoms with Gasteiger partial charge in [-0.1, -0.05) is 20.8 Å². The van der Waals surface area contributed by atoms with Crippen molar-refractivity contribution >= 4 is 16.3 Å². The Balaban J connectivity index is 2.18. The molecular formula is C12H21N3S. The summed E-state index contributed by atoms with van der Waals surface area (Å²) < 4.78 is 0. The van der Waals surface area contributed by atoms with E-state index in [2.05, 4.69) is 42.6 Å². The van der Waals surface area contributed by atoms with Crippen molar-refractivity contribution < 1.29 is 0 Å². The van der Waals surface area contributed by atoms with Gasteiger partial charge < -0.3 is 9.80 Å². The molecule has 0 unspecified atom stereocenters. The van der Waals surface area contributed by atoms with E-state index >= 15 is 0 Å². The maximum atomic E-state index is 4.54. The Morgan fingerprint density at radius 2 is 1.81 bits per heavy atom. The molecule has 0 atom stereocenters. The minimum absolute atomic E-state index is 0.151. The highest BCUT2D eigenvalue weighted by atomic mass is 32.1. The highest BCUT2D eigenvalue weighted by molar-refractivity contribution is 7.14. The number of rotatable bonds is 1. The SMILES string of the molecule is CN1CCN(c2scnc2C(C)(C)C)CC1. The van der Waals surface area contributed by atoms with E-state index in [4.69, 9.17) is 0 Å². The van der Waals surface area contributed by atoms with Crippen LogP contribution in [0.4, 0.5) is 5.00 Å². The van der Waals surface area contributed by atoms with E-state index in [0.29, 0.717) is 0 Å². The first kappa shape index (κ1) is 11.9. The van der Waals surface area contributed by atoms with Crippen LogP contribution < -0.4 is 4.90 Å². The molecule has 0 amide bonds. The fraction of sp³-hybridized carbons (Fsp3) is 0.750. The molecule has 2 heterocycles. The molecule has 4 heteroatoms. The maximum absolute atomic E-state index is 4.54. The summed E-state index contributed by atoms with van der Waals surface area (Å²) in [7, 11) is 2.19. The number of hydrogen-bond acceptors (Lipinski definition) is 4. The van der Waals surface area contributed by atoms with Crippen LogP contribution in [-0.4, -0.2) is 43.1 Å². The van der Waals surface area contributed by atoms with E-state index < -0.39 is 0 Å². The zero-order valence-electron chi connectivity index (χ0n) is 10.7. The minimum Gasteiger partial charge on any atom is -0.359 e. The Bertz CT molecular complexity index is 345. The van der Waals surface area contributed by atoms with Gasteiger partial charge in [0.05, 0.1) is 11.2 Å². The van der Waals surface area contributed by atoms with Gasteiger partial charge in [-0.2, -0.15) is 0 Å². The third kappa shape index (κ3) is 2.38. The third-order valence-electron chi connectivity index (χ3n) is 3.05. The Labute approximate surface area is 102 Å². The molecule has 16 heavy (non-hydrogen) atoms. The molecular weight excluding hydrogens is 218 g/mol. The Hall–Kier alpha value is -0.610. The zero-order valence-corrected chi connectivity index (χ0v) is 11.5. The number of hydrogen-bond donors (Lipinski definition) is 0. The highest BCUT2D eigenvalue weighted by Gasteiger charge is 2.25. The number of likely N-dealkylation sites (N-methyl/N-ethyl adjacent to an activating group) is 1. The van der Waals surface area contributed by atoms with Crippen molar-refractivity contribution in [1.82, 2.24) is 9.88 Å². The minimum atomic E-state index is 0.151. The molecule has 0 aromatic carbocycles. The van der Waals surface area contributed by atoms with Crippen molar-refractivity contribution in [2.45, 2.75) is 26.2 Å². The summed E-state index contributed by atoms with van der Waals surface area (Å²) in [5, 5.41) is 1.38. The zero-order chi connectivity index (χ0) is 11.8. The van der Waals surface area contributed by atoms with Crippen LogP contribution >= 0.6 is 11.3 Å². The molecule has 0 aliphatic carbocycles. The van der Waals surface area contributed by atoms with E-state index in [9.17, 15) is 0 Å². The molecule has 0 saturated carbocycles. The number of anilines is 1. The summed E-state index contributed by atoms with van der Waals surface area (Å²) in [6.45, 7) is 11.3. The van der Waals surface area contributed by atoms with Crippen molar-refractivity contribution in [3.05, 3.63) is 11.2 Å². The second-order valence-electron chi connectivity index (χ2n) is 5.55. The van der Waals surface area contributed by atoms with Gasteiger partial charge in [-0.15, -0.1) is 11.3 Å². The normalized spacial score (nSPS) is 19.1. The fourth-order valence-electron chi connectivity index (χ4n) is 1.99.